The third-order valence-corrected chi connectivity index (χ3v) is 4.46. The van der Waals surface area contributed by atoms with Crippen molar-refractivity contribution in [1.82, 2.24) is 15.5 Å². The summed E-state index contributed by atoms with van der Waals surface area (Å²) in [4.78, 5) is 26.7. The summed E-state index contributed by atoms with van der Waals surface area (Å²) < 4.78 is 18.4. The van der Waals surface area contributed by atoms with Gasteiger partial charge in [-0.2, -0.15) is 0 Å². The lowest BCUT2D eigenvalue weighted by molar-refractivity contribution is -0.127. The van der Waals surface area contributed by atoms with Crippen LogP contribution in [0.15, 0.2) is 24.3 Å². The molecule has 144 valence electrons. The quantitative estimate of drug-likeness (QED) is 0.725. The maximum atomic E-state index is 13.1. The van der Waals surface area contributed by atoms with E-state index in [1.165, 1.54) is 12.1 Å². The van der Waals surface area contributed by atoms with E-state index in [-0.39, 0.29) is 30.1 Å². The zero-order chi connectivity index (χ0) is 18.9. The second-order valence-electron chi connectivity index (χ2n) is 6.80. The molecule has 1 saturated heterocycles. The Morgan fingerprint density at radius 2 is 1.81 bits per heavy atom. The molecule has 1 aromatic rings. The Bertz CT molecular complexity index is 586. The van der Waals surface area contributed by atoms with Gasteiger partial charge in [-0.3, -0.25) is 14.5 Å². The van der Waals surface area contributed by atoms with Crippen molar-refractivity contribution in [1.29, 1.82) is 0 Å². The van der Waals surface area contributed by atoms with Crippen LogP contribution in [-0.4, -0.2) is 62.7 Å². The van der Waals surface area contributed by atoms with E-state index in [1.807, 2.05) is 13.8 Å². The van der Waals surface area contributed by atoms with Gasteiger partial charge in [-0.25, -0.2) is 4.39 Å². The van der Waals surface area contributed by atoms with Gasteiger partial charge in [0.15, 0.2) is 0 Å². The molecule has 1 heterocycles. The van der Waals surface area contributed by atoms with Gasteiger partial charge in [-0.05, 0) is 23.6 Å². The van der Waals surface area contributed by atoms with Crippen LogP contribution in [0, 0.1) is 11.7 Å². The molecule has 0 bridgehead atoms. The average molecular weight is 365 g/mol. The number of benzene rings is 1. The molecule has 0 aromatic heterocycles. The first-order valence-corrected chi connectivity index (χ1v) is 9.07. The fraction of sp³-hybridized carbons (Fsp3) is 0.579. The minimum Gasteiger partial charge on any atom is -0.379 e. The molecular formula is C19H28FN3O3. The van der Waals surface area contributed by atoms with Crippen molar-refractivity contribution in [2.24, 2.45) is 5.92 Å². The number of morpholine rings is 1. The zero-order valence-corrected chi connectivity index (χ0v) is 15.5. The molecule has 0 aliphatic carbocycles. The number of nitrogens with one attached hydrogen (secondary N) is 2. The number of halogens is 1. The number of nitrogens with zero attached hydrogens (tertiary/aromatic N) is 1. The Kier molecular flexibility index (Phi) is 8.00. The zero-order valence-electron chi connectivity index (χ0n) is 15.5. The molecule has 0 spiro atoms. The van der Waals surface area contributed by atoms with E-state index in [9.17, 15) is 14.0 Å². The van der Waals surface area contributed by atoms with Gasteiger partial charge in [-0.15, -0.1) is 0 Å². The lowest BCUT2D eigenvalue weighted by atomic mass is 9.87. The summed E-state index contributed by atoms with van der Waals surface area (Å²) in [7, 11) is 0. The van der Waals surface area contributed by atoms with E-state index in [4.69, 9.17) is 4.74 Å². The number of ether oxygens (including phenoxy) is 1. The molecule has 7 heteroatoms. The highest BCUT2D eigenvalue weighted by molar-refractivity contribution is 5.88. The first-order chi connectivity index (χ1) is 12.5. The summed E-state index contributed by atoms with van der Waals surface area (Å²) in [5.74, 6) is -1.17. The molecule has 0 saturated carbocycles. The molecule has 6 nitrogen and oxygen atoms in total. The average Bonchev–Trinajstić information content (AvgIpc) is 2.62. The number of hydrogen-bond acceptors (Lipinski definition) is 4. The monoisotopic (exact) mass is 365 g/mol. The number of rotatable bonds is 8. The van der Waals surface area contributed by atoms with Gasteiger partial charge in [0.2, 0.25) is 11.8 Å². The highest BCUT2D eigenvalue weighted by atomic mass is 19.1. The molecule has 1 atom stereocenters. The summed E-state index contributed by atoms with van der Waals surface area (Å²) in [6.07, 6.45) is 0. The third kappa shape index (κ3) is 6.38. The maximum absolute atomic E-state index is 13.1. The van der Waals surface area contributed by atoms with Crippen molar-refractivity contribution in [2.75, 3.05) is 45.9 Å². The maximum Gasteiger partial charge on any atom is 0.239 e. The van der Waals surface area contributed by atoms with Gasteiger partial charge in [0, 0.05) is 26.2 Å². The van der Waals surface area contributed by atoms with Crippen molar-refractivity contribution in [2.45, 2.75) is 19.8 Å². The van der Waals surface area contributed by atoms with Crippen LogP contribution in [0.2, 0.25) is 0 Å². The SMILES string of the molecule is CC(C)C(C(=O)NCC(=O)NCCN1CCOCC1)c1ccc(F)cc1. The standard InChI is InChI=1S/C19H28FN3O3/c1-14(2)18(15-3-5-16(20)6-4-15)19(25)22-13-17(24)21-7-8-23-9-11-26-12-10-23/h3-6,14,18H,7-13H2,1-2H3,(H,21,24)(H,22,25). The summed E-state index contributed by atoms with van der Waals surface area (Å²) in [6, 6.07) is 5.91. The van der Waals surface area contributed by atoms with E-state index in [0.717, 1.165) is 38.4 Å². The Morgan fingerprint density at radius 3 is 2.42 bits per heavy atom. The van der Waals surface area contributed by atoms with Gasteiger partial charge in [-0.1, -0.05) is 26.0 Å². The highest BCUT2D eigenvalue weighted by Crippen LogP contribution is 2.24. The lowest BCUT2D eigenvalue weighted by Crippen LogP contribution is -2.44. The third-order valence-electron chi connectivity index (χ3n) is 4.46. The normalized spacial score (nSPS) is 16.3. The van der Waals surface area contributed by atoms with Gasteiger partial charge in [0.05, 0.1) is 25.7 Å². The number of carbonyl (C=O) groups is 2. The molecule has 2 amide bonds. The van der Waals surface area contributed by atoms with Gasteiger partial charge in [0.1, 0.15) is 5.82 Å². The Hall–Kier alpha value is -1.99. The minimum absolute atomic E-state index is 0.0323. The molecule has 1 unspecified atom stereocenters. The molecule has 26 heavy (non-hydrogen) atoms. The Labute approximate surface area is 154 Å². The first-order valence-electron chi connectivity index (χ1n) is 9.07. The van der Waals surface area contributed by atoms with Crippen LogP contribution in [0.3, 0.4) is 0 Å². The molecule has 1 aromatic carbocycles. The molecule has 1 fully saturated rings. The molecule has 0 radical (unpaired) electrons. The summed E-state index contributed by atoms with van der Waals surface area (Å²) >= 11 is 0. The van der Waals surface area contributed by atoms with Crippen LogP contribution in [0.5, 0.6) is 0 Å². The predicted octanol–water partition coefficient (Wildman–Crippen LogP) is 1.13. The van der Waals surface area contributed by atoms with Crippen LogP contribution >= 0.6 is 0 Å². The van der Waals surface area contributed by atoms with Crippen molar-refractivity contribution >= 4 is 11.8 Å². The number of carbonyl (C=O) groups excluding carboxylic acids is 2. The molecule has 1 aliphatic heterocycles. The largest absolute Gasteiger partial charge is 0.379 e. The van der Waals surface area contributed by atoms with Crippen LogP contribution in [0.25, 0.3) is 0 Å². The van der Waals surface area contributed by atoms with Crippen molar-refractivity contribution in [3.8, 4) is 0 Å². The fourth-order valence-corrected chi connectivity index (χ4v) is 3.03. The van der Waals surface area contributed by atoms with Crippen LogP contribution in [0.1, 0.15) is 25.3 Å². The van der Waals surface area contributed by atoms with E-state index >= 15 is 0 Å². The molecular weight excluding hydrogens is 337 g/mol. The van der Waals surface area contributed by atoms with Crippen molar-refractivity contribution < 1.29 is 18.7 Å². The van der Waals surface area contributed by atoms with Crippen molar-refractivity contribution in [3.05, 3.63) is 35.6 Å². The van der Waals surface area contributed by atoms with Crippen molar-refractivity contribution in [3.63, 3.8) is 0 Å². The summed E-state index contributed by atoms with van der Waals surface area (Å²) in [5, 5.41) is 5.50. The smallest absolute Gasteiger partial charge is 0.239 e. The second-order valence-corrected chi connectivity index (χ2v) is 6.80. The first kappa shape index (κ1) is 20.3. The number of hydrogen-bond donors (Lipinski definition) is 2. The van der Waals surface area contributed by atoms with Gasteiger partial charge < -0.3 is 15.4 Å². The molecule has 2 rings (SSSR count). The van der Waals surface area contributed by atoms with E-state index < -0.39 is 5.92 Å². The molecule has 1 aliphatic rings. The van der Waals surface area contributed by atoms with Crippen LogP contribution in [-0.2, 0) is 14.3 Å². The highest BCUT2D eigenvalue weighted by Gasteiger charge is 2.24. The Morgan fingerprint density at radius 1 is 1.15 bits per heavy atom. The Balaban J connectivity index is 1.76. The van der Waals surface area contributed by atoms with Crippen LogP contribution < -0.4 is 10.6 Å². The number of amides is 2. The fourth-order valence-electron chi connectivity index (χ4n) is 3.03. The van der Waals surface area contributed by atoms with Gasteiger partial charge in [0.25, 0.3) is 0 Å². The van der Waals surface area contributed by atoms with E-state index in [2.05, 4.69) is 15.5 Å². The second kappa shape index (κ2) is 10.2. The molecule has 2 N–H and O–H groups in total. The predicted molar refractivity (Wildman–Crippen MR) is 97.3 cm³/mol. The summed E-state index contributed by atoms with van der Waals surface area (Å²) in [6.45, 7) is 8.31. The van der Waals surface area contributed by atoms with Gasteiger partial charge >= 0.3 is 0 Å². The van der Waals surface area contributed by atoms with E-state index in [1.54, 1.807) is 12.1 Å². The van der Waals surface area contributed by atoms with Crippen LogP contribution in [0.4, 0.5) is 4.39 Å². The van der Waals surface area contributed by atoms with E-state index in [0.29, 0.717) is 6.54 Å². The minimum atomic E-state index is -0.420. The summed E-state index contributed by atoms with van der Waals surface area (Å²) in [5.41, 5.74) is 0.742. The topological polar surface area (TPSA) is 70.7 Å². The lowest BCUT2D eigenvalue weighted by Gasteiger charge is -2.26.